The first-order chi connectivity index (χ1) is 19.7. The fourth-order valence-electron chi connectivity index (χ4n) is 4.61. The van der Waals surface area contributed by atoms with Crippen molar-refractivity contribution >= 4 is 63.9 Å². The van der Waals surface area contributed by atoms with E-state index in [-0.39, 0.29) is 82.2 Å². The molecule has 1 aromatic heterocycles. The molecule has 0 radical (unpaired) electrons. The van der Waals surface area contributed by atoms with Crippen LogP contribution in [-0.4, -0.2) is 37.5 Å². The van der Waals surface area contributed by atoms with Gasteiger partial charge in [0, 0.05) is 10.9 Å². The van der Waals surface area contributed by atoms with Crippen LogP contribution in [0.2, 0.25) is 0 Å². The number of fused-ring (bicyclic) bond motifs is 2. The van der Waals surface area contributed by atoms with E-state index in [4.69, 9.17) is 9.72 Å². The summed E-state index contributed by atoms with van der Waals surface area (Å²) < 4.78 is 75.8. The largest absolute Gasteiger partial charge is 1.00 e. The maximum Gasteiger partial charge on any atom is 1.00 e. The molecular formula is C28H23N3Na2O8S3. The summed E-state index contributed by atoms with van der Waals surface area (Å²) >= 11 is 1.55. The van der Waals surface area contributed by atoms with E-state index in [1.807, 2.05) is 19.9 Å². The van der Waals surface area contributed by atoms with Gasteiger partial charge in [-0.15, -0.1) is 16.5 Å². The molecule has 5 rings (SSSR count). The number of aryl methyl sites for hydroxylation is 3. The molecule has 5 aromatic rings. The van der Waals surface area contributed by atoms with Crippen LogP contribution in [0.1, 0.15) is 23.6 Å². The van der Waals surface area contributed by atoms with Crippen molar-refractivity contribution in [1.29, 1.82) is 0 Å². The van der Waals surface area contributed by atoms with Gasteiger partial charge in [0.1, 0.15) is 25.8 Å². The molecule has 0 unspecified atom stereocenters. The Balaban J connectivity index is 0.00000264. The second kappa shape index (κ2) is 13.8. The first kappa shape index (κ1) is 36.5. The summed E-state index contributed by atoms with van der Waals surface area (Å²) in [7, 11) is -10.0. The molecule has 44 heavy (non-hydrogen) atoms. The van der Waals surface area contributed by atoms with Crippen LogP contribution in [0.25, 0.3) is 31.6 Å². The Hall–Kier alpha value is -1.95. The van der Waals surface area contributed by atoms with Gasteiger partial charge in [-0.25, -0.2) is 13.4 Å². The van der Waals surface area contributed by atoms with Crippen LogP contribution in [-0.2, 0) is 20.2 Å². The number of nitrogens with zero attached hydrogens (tertiary/aromatic N) is 3. The molecule has 0 saturated heterocycles. The SMILES string of the molecule is CCOc1cc(S(=O)(=O)[O-])cc2cc(S(=O)(=O)O)c(N=Nc3ccc(-c4nc5c(C)cc(C)cc5s4)cc3C)c([O-])c12.[Na+].[Na+]. The van der Waals surface area contributed by atoms with Crippen LogP contribution >= 0.6 is 11.3 Å². The molecule has 16 heteroatoms. The molecule has 0 atom stereocenters. The van der Waals surface area contributed by atoms with Crippen molar-refractivity contribution in [3.63, 3.8) is 0 Å². The van der Waals surface area contributed by atoms with E-state index in [0.717, 1.165) is 50.1 Å². The predicted molar refractivity (Wildman–Crippen MR) is 156 cm³/mol. The zero-order valence-corrected chi connectivity index (χ0v) is 31.1. The molecule has 1 N–H and O–H groups in total. The molecule has 0 saturated carbocycles. The summed E-state index contributed by atoms with van der Waals surface area (Å²) in [5.74, 6) is -1.24. The van der Waals surface area contributed by atoms with Gasteiger partial charge in [-0.3, -0.25) is 4.55 Å². The minimum absolute atomic E-state index is 0. The van der Waals surface area contributed by atoms with E-state index < -0.39 is 41.5 Å². The third-order valence-corrected chi connectivity index (χ3v) is 9.20. The molecule has 0 aliphatic rings. The molecule has 0 bridgehead atoms. The minimum Gasteiger partial charge on any atom is -0.870 e. The second-order valence-corrected chi connectivity index (χ2v) is 13.4. The van der Waals surface area contributed by atoms with E-state index in [9.17, 15) is 31.0 Å². The second-order valence-electron chi connectivity index (χ2n) is 9.58. The van der Waals surface area contributed by atoms with Crippen molar-refractivity contribution in [2.24, 2.45) is 10.2 Å². The van der Waals surface area contributed by atoms with Crippen LogP contribution in [0.4, 0.5) is 11.4 Å². The number of aromatic nitrogens is 1. The van der Waals surface area contributed by atoms with Crippen LogP contribution in [0.5, 0.6) is 11.5 Å². The van der Waals surface area contributed by atoms with Crippen molar-refractivity contribution in [3.05, 3.63) is 65.2 Å². The van der Waals surface area contributed by atoms with Gasteiger partial charge in [-0.1, -0.05) is 11.8 Å². The first-order valence-corrected chi connectivity index (χ1v) is 16.1. The molecule has 11 nitrogen and oxygen atoms in total. The van der Waals surface area contributed by atoms with Crippen molar-refractivity contribution in [3.8, 4) is 22.1 Å². The number of ether oxygens (including phenoxy) is 1. The van der Waals surface area contributed by atoms with Crippen LogP contribution in [0.15, 0.2) is 68.6 Å². The monoisotopic (exact) mass is 671 g/mol. The van der Waals surface area contributed by atoms with E-state index >= 15 is 0 Å². The Morgan fingerprint density at radius 1 is 0.955 bits per heavy atom. The summed E-state index contributed by atoms with van der Waals surface area (Å²) in [5.41, 5.74) is 4.25. The van der Waals surface area contributed by atoms with Gasteiger partial charge >= 0.3 is 59.1 Å². The third kappa shape index (κ3) is 7.37. The van der Waals surface area contributed by atoms with Gasteiger partial charge < -0.3 is 14.4 Å². The molecular weight excluding hydrogens is 649 g/mol. The molecule has 4 aromatic carbocycles. The number of hydrogen-bond donors (Lipinski definition) is 1. The number of rotatable bonds is 7. The van der Waals surface area contributed by atoms with E-state index in [2.05, 4.69) is 22.4 Å². The quantitative estimate of drug-likeness (QED) is 0.142. The minimum atomic E-state index is -5.03. The van der Waals surface area contributed by atoms with Crippen LogP contribution < -0.4 is 69.0 Å². The normalized spacial score (nSPS) is 12.0. The van der Waals surface area contributed by atoms with Crippen molar-refractivity contribution in [1.82, 2.24) is 4.98 Å². The summed E-state index contributed by atoms with van der Waals surface area (Å²) in [4.78, 5) is 3.14. The van der Waals surface area contributed by atoms with Crippen molar-refractivity contribution < 1.29 is 94.9 Å². The smallest absolute Gasteiger partial charge is 0.870 e. The van der Waals surface area contributed by atoms with Gasteiger partial charge in [0.2, 0.25) is 0 Å². The maximum absolute atomic E-state index is 13.5. The summed E-state index contributed by atoms with van der Waals surface area (Å²) in [6, 6.07) is 12.0. The first-order valence-electron chi connectivity index (χ1n) is 12.5. The number of thiazole rings is 1. The fraction of sp³-hybridized carbons (Fsp3) is 0.179. The Morgan fingerprint density at radius 2 is 1.66 bits per heavy atom. The molecule has 1 heterocycles. The van der Waals surface area contributed by atoms with Gasteiger partial charge in [0.25, 0.3) is 10.1 Å². The molecule has 0 fully saturated rings. The van der Waals surface area contributed by atoms with E-state index in [1.165, 1.54) is 0 Å². The Kier molecular flexibility index (Phi) is 11.5. The maximum atomic E-state index is 13.5. The molecule has 0 spiro atoms. The Labute approximate surface area is 302 Å². The van der Waals surface area contributed by atoms with Crippen molar-refractivity contribution in [2.45, 2.75) is 37.5 Å². The number of hydrogen-bond acceptors (Lipinski definition) is 11. The third-order valence-electron chi connectivity index (χ3n) is 6.47. The van der Waals surface area contributed by atoms with Gasteiger partial charge in [0.05, 0.1) is 33.1 Å². The zero-order chi connectivity index (χ0) is 30.6. The predicted octanol–water partition coefficient (Wildman–Crippen LogP) is 0.0883. The topological polar surface area (TPSA) is 181 Å². The number of azo groups is 1. The molecule has 0 amide bonds. The van der Waals surface area contributed by atoms with Gasteiger partial charge in [0.15, 0.2) is 0 Å². The van der Waals surface area contributed by atoms with E-state index in [0.29, 0.717) is 11.3 Å². The molecule has 218 valence electrons. The average Bonchev–Trinajstić information content (AvgIpc) is 3.32. The standard InChI is InChI=1S/C28H25N3O8S3.2Na/c1-5-39-21-13-19(41(33,34)35)11-18-12-23(42(36,37)38)26(27(32)24(18)21)31-30-20-7-6-17(10-15(20)3)28-29-25-16(4)8-14(2)9-22(25)40-28;;/h6-13,32H,5H2,1-4H3,(H,33,34,35)(H,36,37,38);;/q;2*+1/p-2. The molecule has 0 aliphatic heterocycles. The molecule has 0 aliphatic carbocycles. The summed E-state index contributed by atoms with van der Waals surface area (Å²) in [6.45, 7) is 7.38. The fourth-order valence-corrected chi connectivity index (χ4v) is 6.93. The van der Waals surface area contributed by atoms with Crippen LogP contribution in [0, 0.1) is 20.8 Å². The Bertz CT molecular complexity index is 2170. The van der Waals surface area contributed by atoms with Gasteiger partial charge in [-0.05, 0) is 92.2 Å². The Morgan fingerprint density at radius 3 is 2.27 bits per heavy atom. The number of benzene rings is 4. The van der Waals surface area contributed by atoms with Crippen LogP contribution in [0.3, 0.4) is 0 Å². The van der Waals surface area contributed by atoms with Crippen molar-refractivity contribution in [2.75, 3.05) is 6.61 Å². The van der Waals surface area contributed by atoms with E-state index in [1.54, 1.807) is 37.3 Å². The zero-order valence-electron chi connectivity index (χ0n) is 24.7. The average molecular weight is 672 g/mol. The summed E-state index contributed by atoms with van der Waals surface area (Å²) in [5, 5.41) is 21.8. The summed E-state index contributed by atoms with van der Waals surface area (Å²) in [6.07, 6.45) is 0. The van der Waals surface area contributed by atoms with Gasteiger partial charge in [-0.2, -0.15) is 13.5 Å².